The number of hydrogen-bond acceptors (Lipinski definition) is 5. The molecule has 0 radical (unpaired) electrons. The lowest BCUT2D eigenvalue weighted by atomic mass is 10.3. The van der Waals surface area contributed by atoms with Crippen molar-refractivity contribution in [1.29, 1.82) is 0 Å². The van der Waals surface area contributed by atoms with Crippen molar-refractivity contribution in [3.8, 4) is 0 Å². The molecule has 1 saturated carbocycles. The van der Waals surface area contributed by atoms with Gasteiger partial charge in [0.2, 0.25) is 0 Å². The van der Waals surface area contributed by atoms with E-state index >= 15 is 0 Å². The van der Waals surface area contributed by atoms with Crippen molar-refractivity contribution in [2.45, 2.75) is 38.9 Å². The molecule has 0 aromatic carbocycles. The minimum Gasteiger partial charge on any atom is -0.465 e. The van der Waals surface area contributed by atoms with Crippen molar-refractivity contribution in [2.24, 2.45) is 0 Å². The maximum Gasteiger partial charge on any atom is 0.138 e. The SMILES string of the molecule is Cc1ccc(CN(Cc2nnsc2Cl)C2CC2)o1. The molecule has 0 atom stereocenters. The highest BCUT2D eigenvalue weighted by Gasteiger charge is 2.30. The second-order valence-corrected chi connectivity index (χ2v) is 6.00. The summed E-state index contributed by atoms with van der Waals surface area (Å²) in [6.45, 7) is 3.53. The van der Waals surface area contributed by atoms with E-state index in [-0.39, 0.29) is 0 Å². The van der Waals surface area contributed by atoms with Crippen molar-refractivity contribution >= 4 is 23.1 Å². The van der Waals surface area contributed by atoms with Gasteiger partial charge in [-0.1, -0.05) is 16.1 Å². The molecule has 96 valence electrons. The van der Waals surface area contributed by atoms with E-state index in [0.29, 0.717) is 10.4 Å². The van der Waals surface area contributed by atoms with E-state index in [1.54, 1.807) is 0 Å². The first kappa shape index (κ1) is 12.1. The Morgan fingerprint density at radius 3 is 2.83 bits per heavy atom. The molecule has 2 aromatic heterocycles. The summed E-state index contributed by atoms with van der Waals surface area (Å²) in [6.07, 6.45) is 2.49. The summed E-state index contributed by atoms with van der Waals surface area (Å²) in [5, 5.41) is 4.08. The standard InChI is InChI=1S/C12H14ClN3OS/c1-8-2-5-10(17-8)6-16(9-3-4-9)7-11-12(13)18-15-14-11/h2,5,9H,3-4,6-7H2,1H3. The molecule has 6 heteroatoms. The van der Waals surface area contributed by atoms with E-state index in [9.17, 15) is 0 Å². The number of aromatic nitrogens is 2. The van der Waals surface area contributed by atoms with Crippen molar-refractivity contribution in [2.75, 3.05) is 0 Å². The lowest BCUT2D eigenvalue weighted by molar-refractivity contribution is 0.221. The van der Waals surface area contributed by atoms with Crippen molar-refractivity contribution in [3.63, 3.8) is 0 Å². The molecule has 0 bridgehead atoms. The molecule has 0 saturated heterocycles. The van der Waals surface area contributed by atoms with E-state index in [2.05, 4.69) is 14.5 Å². The van der Waals surface area contributed by atoms with Crippen LogP contribution in [0.25, 0.3) is 0 Å². The highest BCUT2D eigenvalue weighted by Crippen LogP contribution is 2.31. The normalized spacial score (nSPS) is 15.5. The van der Waals surface area contributed by atoms with Gasteiger partial charge in [-0.2, -0.15) is 0 Å². The van der Waals surface area contributed by atoms with Gasteiger partial charge in [-0.25, -0.2) is 0 Å². The van der Waals surface area contributed by atoms with Crippen LogP contribution in [-0.2, 0) is 13.1 Å². The molecule has 0 aliphatic heterocycles. The first-order valence-electron chi connectivity index (χ1n) is 5.98. The molecule has 18 heavy (non-hydrogen) atoms. The smallest absolute Gasteiger partial charge is 0.138 e. The van der Waals surface area contributed by atoms with Crippen LogP contribution >= 0.6 is 23.1 Å². The van der Waals surface area contributed by atoms with Gasteiger partial charge in [0.25, 0.3) is 0 Å². The maximum absolute atomic E-state index is 6.06. The van der Waals surface area contributed by atoms with Gasteiger partial charge in [-0.3, -0.25) is 4.90 Å². The number of halogens is 1. The van der Waals surface area contributed by atoms with E-state index < -0.39 is 0 Å². The Hall–Kier alpha value is -0.910. The Morgan fingerprint density at radius 2 is 2.28 bits per heavy atom. The zero-order valence-corrected chi connectivity index (χ0v) is 11.7. The van der Waals surface area contributed by atoms with Crippen LogP contribution in [0.5, 0.6) is 0 Å². The third-order valence-electron chi connectivity index (χ3n) is 3.08. The first-order valence-corrected chi connectivity index (χ1v) is 7.13. The van der Waals surface area contributed by atoms with Gasteiger partial charge < -0.3 is 4.42 Å². The number of nitrogens with zero attached hydrogens (tertiary/aromatic N) is 3. The van der Waals surface area contributed by atoms with Crippen molar-refractivity contribution < 1.29 is 4.42 Å². The topological polar surface area (TPSA) is 42.2 Å². The van der Waals surface area contributed by atoms with Gasteiger partial charge in [0, 0.05) is 24.1 Å². The molecule has 1 fully saturated rings. The summed E-state index contributed by atoms with van der Waals surface area (Å²) in [4.78, 5) is 2.36. The van der Waals surface area contributed by atoms with Gasteiger partial charge in [0.05, 0.1) is 6.54 Å². The molecule has 2 aromatic rings. The Kier molecular flexibility index (Phi) is 3.37. The monoisotopic (exact) mass is 283 g/mol. The van der Waals surface area contributed by atoms with Gasteiger partial charge >= 0.3 is 0 Å². The predicted octanol–water partition coefficient (Wildman–Crippen LogP) is 3.26. The predicted molar refractivity (Wildman–Crippen MR) is 70.6 cm³/mol. The van der Waals surface area contributed by atoms with Crippen LogP contribution in [0.15, 0.2) is 16.5 Å². The maximum atomic E-state index is 6.06. The molecule has 0 N–H and O–H groups in total. The Morgan fingerprint density at radius 1 is 1.44 bits per heavy atom. The van der Waals surface area contributed by atoms with Gasteiger partial charge in [0.15, 0.2) is 0 Å². The van der Waals surface area contributed by atoms with Crippen LogP contribution in [0.4, 0.5) is 0 Å². The molecule has 4 nitrogen and oxygen atoms in total. The second-order valence-electron chi connectivity index (χ2n) is 4.64. The van der Waals surface area contributed by atoms with Crippen LogP contribution in [0, 0.1) is 6.92 Å². The third kappa shape index (κ3) is 2.74. The van der Waals surface area contributed by atoms with E-state index in [1.165, 1.54) is 24.4 Å². The molecular weight excluding hydrogens is 270 g/mol. The minimum absolute atomic E-state index is 0.633. The van der Waals surface area contributed by atoms with Crippen molar-refractivity contribution in [1.82, 2.24) is 14.5 Å². The lowest BCUT2D eigenvalue weighted by Gasteiger charge is -2.19. The summed E-state index contributed by atoms with van der Waals surface area (Å²) >= 11 is 7.30. The highest BCUT2D eigenvalue weighted by molar-refractivity contribution is 7.10. The molecule has 1 aliphatic rings. The minimum atomic E-state index is 0.633. The van der Waals surface area contributed by atoms with Crippen LogP contribution in [0.1, 0.15) is 30.1 Å². The number of furan rings is 1. The van der Waals surface area contributed by atoms with Gasteiger partial charge in [-0.05, 0) is 31.9 Å². The van der Waals surface area contributed by atoms with Crippen LogP contribution in [0.3, 0.4) is 0 Å². The van der Waals surface area contributed by atoms with Crippen LogP contribution < -0.4 is 0 Å². The van der Waals surface area contributed by atoms with Crippen LogP contribution in [0.2, 0.25) is 4.34 Å². The highest BCUT2D eigenvalue weighted by atomic mass is 35.5. The lowest BCUT2D eigenvalue weighted by Crippen LogP contribution is -2.25. The molecule has 1 aliphatic carbocycles. The van der Waals surface area contributed by atoms with E-state index in [0.717, 1.165) is 30.3 Å². The summed E-state index contributed by atoms with van der Waals surface area (Å²) in [5.41, 5.74) is 0.872. The van der Waals surface area contributed by atoms with Gasteiger partial charge in [0.1, 0.15) is 21.6 Å². The Balaban J connectivity index is 1.71. The quantitative estimate of drug-likeness (QED) is 0.845. The average molecular weight is 284 g/mol. The summed E-state index contributed by atoms with van der Waals surface area (Å²) in [7, 11) is 0. The Bertz CT molecular complexity index is 535. The fraction of sp³-hybridized carbons (Fsp3) is 0.500. The summed E-state index contributed by atoms with van der Waals surface area (Å²) in [6, 6.07) is 4.66. The fourth-order valence-corrected chi connectivity index (χ4v) is 2.62. The third-order valence-corrected chi connectivity index (χ3v) is 4.06. The van der Waals surface area contributed by atoms with Gasteiger partial charge in [-0.15, -0.1) is 5.10 Å². The summed E-state index contributed by atoms with van der Waals surface area (Å²) in [5.74, 6) is 1.95. The van der Waals surface area contributed by atoms with Crippen molar-refractivity contribution in [3.05, 3.63) is 33.7 Å². The van der Waals surface area contributed by atoms with E-state index in [1.807, 2.05) is 19.1 Å². The number of aryl methyl sites for hydroxylation is 1. The fourth-order valence-electron chi connectivity index (χ4n) is 2.01. The average Bonchev–Trinajstić information content (AvgIpc) is 3.00. The number of hydrogen-bond donors (Lipinski definition) is 0. The first-order chi connectivity index (χ1) is 8.72. The molecule has 0 unspecified atom stereocenters. The number of rotatable bonds is 5. The molecule has 0 amide bonds. The molecule has 0 spiro atoms. The Labute approximate surface area is 115 Å². The molecule has 3 rings (SSSR count). The zero-order chi connectivity index (χ0) is 12.5. The largest absolute Gasteiger partial charge is 0.465 e. The molecule has 2 heterocycles. The summed E-state index contributed by atoms with van der Waals surface area (Å²) < 4.78 is 10.2. The second kappa shape index (κ2) is 4.99. The van der Waals surface area contributed by atoms with Crippen LogP contribution in [-0.4, -0.2) is 20.5 Å². The molecular formula is C12H14ClN3OS. The zero-order valence-electron chi connectivity index (χ0n) is 10.1. The van der Waals surface area contributed by atoms with E-state index in [4.69, 9.17) is 16.0 Å².